The van der Waals surface area contributed by atoms with E-state index in [9.17, 15) is 17.6 Å². The Labute approximate surface area is 141 Å². The van der Waals surface area contributed by atoms with E-state index < -0.39 is 22.0 Å². The standard InChI is InChI=1S/C13H9BrClF4N3O/c14-8-7(13(17,18)19)5-6-10(9(8)16)20-12(15)21-11(6)22-1-3-23-4-2-22/h5H,1-4H2. The Morgan fingerprint density at radius 2 is 1.87 bits per heavy atom. The molecule has 0 bridgehead atoms. The Morgan fingerprint density at radius 1 is 1.22 bits per heavy atom. The van der Waals surface area contributed by atoms with Crippen LogP contribution in [0.1, 0.15) is 5.56 Å². The molecule has 1 aliphatic heterocycles. The number of fused-ring (bicyclic) bond motifs is 1. The quantitative estimate of drug-likeness (QED) is 0.521. The fourth-order valence-corrected chi connectivity index (χ4v) is 3.08. The van der Waals surface area contributed by atoms with Crippen LogP contribution in [-0.2, 0) is 10.9 Å². The zero-order chi connectivity index (χ0) is 16.8. The lowest BCUT2D eigenvalue weighted by Gasteiger charge is -2.29. The largest absolute Gasteiger partial charge is 0.417 e. The summed E-state index contributed by atoms with van der Waals surface area (Å²) in [6.45, 7) is 1.63. The molecule has 3 rings (SSSR count). The van der Waals surface area contributed by atoms with Gasteiger partial charge in [-0.25, -0.2) is 9.37 Å². The molecule has 0 radical (unpaired) electrons. The fraction of sp³-hybridized carbons (Fsp3) is 0.385. The first-order valence-electron chi connectivity index (χ1n) is 6.54. The van der Waals surface area contributed by atoms with Crippen LogP contribution < -0.4 is 4.90 Å². The van der Waals surface area contributed by atoms with E-state index in [0.29, 0.717) is 26.3 Å². The maximum atomic E-state index is 14.4. The number of nitrogens with zero attached hydrogens (tertiary/aromatic N) is 3. The van der Waals surface area contributed by atoms with Crippen LogP contribution in [0.4, 0.5) is 23.4 Å². The van der Waals surface area contributed by atoms with E-state index in [4.69, 9.17) is 16.3 Å². The van der Waals surface area contributed by atoms with Crippen LogP contribution in [0.5, 0.6) is 0 Å². The molecule has 0 amide bonds. The van der Waals surface area contributed by atoms with Crippen LogP contribution >= 0.6 is 27.5 Å². The minimum absolute atomic E-state index is 0.0377. The van der Waals surface area contributed by atoms with Gasteiger partial charge in [-0.2, -0.15) is 18.2 Å². The SMILES string of the molecule is Fc1c(Br)c(C(F)(F)F)cc2c(N3CCOCC3)nc(Cl)nc12. The van der Waals surface area contributed by atoms with E-state index in [-0.39, 0.29) is 22.0 Å². The molecule has 0 N–H and O–H groups in total. The average Bonchev–Trinajstić information content (AvgIpc) is 2.50. The summed E-state index contributed by atoms with van der Waals surface area (Å²) in [5.41, 5.74) is -1.38. The predicted octanol–water partition coefficient (Wildman–Crippen LogP) is 4.04. The van der Waals surface area contributed by atoms with Crippen molar-refractivity contribution in [3.63, 3.8) is 0 Å². The van der Waals surface area contributed by atoms with Gasteiger partial charge in [-0.3, -0.25) is 0 Å². The summed E-state index contributed by atoms with van der Waals surface area (Å²) in [7, 11) is 0. The van der Waals surface area contributed by atoms with Crippen molar-refractivity contribution in [3.8, 4) is 0 Å². The molecule has 1 aromatic heterocycles. The van der Waals surface area contributed by atoms with E-state index in [1.54, 1.807) is 4.90 Å². The monoisotopic (exact) mass is 413 g/mol. The Hall–Kier alpha value is -1.19. The first kappa shape index (κ1) is 16.7. The highest BCUT2D eigenvalue weighted by atomic mass is 79.9. The number of morpholine rings is 1. The topological polar surface area (TPSA) is 38.2 Å². The van der Waals surface area contributed by atoms with Gasteiger partial charge < -0.3 is 9.64 Å². The van der Waals surface area contributed by atoms with Crippen molar-refractivity contribution in [3.05, 3.63) is 27.2 Å². The predicted molar refractivity (Wildman–Crippen MR) is 80.2 cm³/mol. The fourth-order valence-electron chi connectivity index (χ4n) is 2.38. The van der Waals surface area contributed by atoms with Crippen molar-refractivity contribution < 1.29 is 22.3 Å². The van der Waals surface area contributed by atoms with Gasteiger partial charge in [0.1, 0.15) is 11.3 Å². The van der Waals surface area contributed by atoms with Crippen molar-refractivity contribution in [2.24, 2.45) is 0 Å². The van der Waals surface area contributed by atoms with Gasteiger partial charge in [-0.1, -0.05) is 0 Å². The van der Waals surface area contributed by atoms with E-state index in [0.717, 1.165) is 6.07 Å². The summed E-state index contributed by atoms with van der Waals surface area (Å²) in [6.07, 6.45) is -4.71. The van der Waals surface area contributed by atoms with Crippen LogP contribution in [0.3, 0.4) is 0 Å². The lowest BCUT2D eigenvalue weighted by Crippen LogP contribution is -2.37. The molecule has 10 heteroatoms. The first-order valence-corrected chi connectivity index (χ1v) is 7.71. The van der Waals surface area contributed by atoms with Gasteiger partial charge in [-0.15, -0.1) is 0 Å². The highest BCUT2D eigenvalue weighted by molar-refractivity contribution is 9.10. The van der Waals surface area contributed by atoms with E-state index in [1.807, 2.05) is 0 Å². The van der Waals surface area contributed by atoms with Gasteiger partial charge in [0.15, 0.2) is 5.82 Å². The number of ether oxygens (including phenoxy) is 1. The molecule has 0 saturated carbocycles. The molecule has 0 unspecified atom stereocenters. The molecule has 0 spiro atoms. The molecule has 0 atom stereocenters. The molecular weight excluding hydrogens is 406 g/mol. The van der Waals surface area contributed by atoms with Crippen LogP contribution in [0.15, 0.2) is 10.5 Å². The van der Waals surface area contributed by atoms with Crippen LogP contribution in [-0.4, -0.2) is 36.3 Å². The van der Waals surface area contributed by atoms with Crippen molar-refractivity contribution >= 4 is 44.3 Å². The molecule has 4 nitrogen and oxygen atoms in total. The summed E-state index contributed by atoms with van der Waals surface area (Å²) in [4.78, 5) is 9.43. The Morgan fingerprint density at radius 3 is 2.48 bits per heavy atom. The van der Waals surface area contributed by atoms with Crippen molar-refractivity contribution in [2.75, 3.05) is 31.2 Å². The summed E-state index contributed by atoms with van der Waals surface area (Å²) in [6, 6.07) is 0.837. The second-order valence-electron chi connectivity index (χ2n) is 4.86. The molecule has 0 aliphatic carbocycles. The maximum absolute atomic E-state index is 14.4. The lowest BCUT2D eigenvalue weighted by atomic mass is 10.1. The number of benzene rings is 1. The zero-order valence-corrected chi connectivity index (χ0v) is 13.8. The van der Waals surface area contributed by atoms with Crippen LogP contribution in [0.25, 0.3) is 10.9 Å². The molecule has 2 heterocycles. The molecule has 1 fully saturated rings. The highest BCUT2D eigenvalue weighted by Crippen LogP contribution is 2.41. The van der Waals surface area contributed by atoms with E-state index >= 15 is 0 Å². The van der Waals surface area contributed by atoms with E-state index in [1.165, 1.54) is 0 Å². The number of anilines is 1. The van der Waals surface area contributed by atoms with Crippen LogP contribution in [0.2, 0.25) is 5.28 Å². The number of hydrogen-bond acceptors (Lipinski definition) is 4. The maximum Gasteiger partial charge on any atom is 0.417 e. The minimum Gasteiger partial charge on any atom is -0.378 e. The molecule has 124 valence electrons. The third kappa shape index (κ3) is 3.09. The van der Waals surface area contributed by atoms with Gasteiger partial charge in [0.05, 0.1) is 23.2 Å². The van der Waals surface area contributed by atoms with Gasteiger partial charge in [0, 0.05) is 18.5 Å². The summed E-state index contributed by atoms with van der Waals surface area (Å²) < 4.78 is 58.2. The molecule has 23 heavy (non-hydrogen) atoms. The Balaban J connectivity index is 2.29. The van der Waals surface area contributed by atoms with Crippen LogP contribution in [0, 0.1) is 5.82 Å². The van der Waals surface area contributed by atoms with E-state index in [2.05, 4.69) is 25.9 Å². The average molecular weight is 415 g/mol. The summed E-state index contributed by atoms with van der Waals surface area (Å²) >= 11 is 8.46. The van der Waals surface area contributed by atoms with Crippen molar-refractivity contribution in [2.45, 2.75) is 6.18 Å². The zero-order valence-electron chi connectivity index (χ0n) is 11.4. The first-order chi connectivity index (χ1) is 10.8. The Bertz CT molecular complexity index is 765. The van der Waals surface area contributed by atoms with Crippen molar-refractivity contribution in [1.29, 1.82) is 0 Å². The number of alkyl halides is 3. The molecule has 1 aliphatic rings. The smallest absolute Gasteiger partial charge is 0.378 e. The third-order valence-corrected chi connectivity index (χ3v) is 4.38. The number of halogens is 6. The highest BCUT2D eigenvalue weighted by Gasteiger charge is 2.36. The van der Waals surface area contributed by atoms with Gasteiger partial charge >= 0.3 is 6.18 Å². The second-order valence-corrected chi connectivity index (χ2v) is 5.99. The lowest BCUT2D eigenvalue weighted by molar-refractivity contribution is -0.138. The Kier molecular flexibility index (Phi) is 4.37. The van der Waals surface area contributed by atoms with Gasteiger partial charge in [0.25, 0.3) is 0 Å². The third-order valence-electron chi connectivity index (χ3n) is 3.44. The molecular formula is C13H9BrClF4N3O. The normalized spacial score (nSPS) is 16.2. The summed E-state index contributed by atoms with van der Waals surface area (Å²) in [5.74, 6) is -0.950. The molecule has 1 saturated heterocycles. The second kappa shape index (κ2) is 6.03. The van der Waals surface area contributed by atoms with Gasteiger partial charge in [-0.05, 0) is 33.6 Å². The van der Waals surface area contributed by atoms with Crippen molar-refractivity contribution in [1.82, 2.24) is 9.97 Å². The summed E-state index contributed by atoms with van der Waals surface area (Å²) in [5, 5.41) is -0.270. The number of rotatable bonds is 1. The molecule has 1 aromatic carbocycles. The number of aromatic nitrogens is 2. The van der Waals surface area contributed by atoms with Gasteiger partial charge in [0.2, 0.25) is 5.28 Å². The number of hydrogen-bond donors (Lipinski definition) is 0. The minimum atomic E-state index is -4.71. The molecule has 2 aromatic rings.